The van der Waals surface area contributed by atoms with Gasteiger partial charge < -0.3 is 40.0 Å². The van der Waals surface area contributed by atoms with Crippen LogP contribution >= 0.6 is 0 Å². The molecule has 0 atom stereocenters. The van der Waals surface area contributed by atoms with Crippen molar-refractivity contribution in [1.82, 2.24) is 30.0 Å². The van der Waals surface area contributed by atoms with Gasteiger partial charge in [-0.15, -0.1) is 5.06 Å². The van der Waals surface area contributed by atoms with Gasteiger partial charge >= 0.3 is 225 Å². The fourth-order valence-electron chi connectivity index (χ4n) is 8.60. The predicted octanol–water partition coefficient (Wildman–Crippen LogP) is 3.61. The molecule has 1 heterocycles. The average molecular weight is 1170 g/mol. The summed E-state index contributed by atoms with van der Waals surface area (Å²) in [6.45, 7) is 1.26. The fourth-order valence-corrected chi connectivity index (χ4v) is 24.6. The molecule has 0 aliphatic carbocycles. The van der Waals surface area contributed by atoms with E-state index in [-0.39, 0.29) is 49.4 Å². The second-order valence-electron chi connectivity index (χ2n) is 18.7. The second kappa shape index (κ2) is 32.5. The van der Waals surface area contributed by atoms with Crippen molar-refractivity contribution < 1.29 is 82.8 Å². The number of amides is 7. The molecule has 416 valence electrons. The molecule has 0 bridgehead atoms. The Morgan fingerprint density at radius 1 is 0.539 bits per heavy atom. The molecule has 0 aromatic heterocycles. The number of nitrogens with one attached hydrogen (secondary N) is 1. The van der Waals surface area contributed by atoms with Gasteiger partial charge in [-0.05, 0) is 18.2 Å². The van der Waals surface area contributed by atoms with E-state index in [0.29, 0.717) is 17.0 Å². The van der Waals surface area contributed by atoms with Gasteiger partial charge in [0.2, 0.25) is 11.8 Å². The van der Waals surface area contributed by atoms with Crippen molar-refractivity contribution in [3.63, 3.8) is 0 Å². The monoisotopic (exact) mass is 1170 g/mol. The Hall–Kier alpha value is -6.92. The van der Waals surface area contributed by atoms with Crippen LogP contribution in [0, 0.1) is 0 Å². The first-order valence-corrected chi connectivity index (χ1v) is 33.2. The number of nitrogens with zero attached hydrogens (tertiary/aromatic N) is 5. The molecule has 1 saturated heterocycles. The molecule has 7 amide bonds. The third-order valence-electron chi connectivity index (χ3n) is 12.9. The number of carbonyl (C=O) groups excluding carboxylic acids is 8. The number of carboxylic acids is 4. The van der Waals surface area contributed by atoms with E-state index in [4.69, 9.17) is 4.84 Å². The van der Waals surface area contributed by atoms with Gasteiger partial charge in [0.15, 0.2) is 0 Å². The number of unbranched alkanes of at least 4 members (excludes halogenated alkanes) is 4. The van der Waals surface area contributed by atoms with Crippen LogP contribution in [0.5, 0.6) is 0 Å². The first kappa shape index (κ1) is 63.4. The molecule has 1 aliphatic heterocycles. The molecule has 76 heavy (non-hydrogen) atoms. The van der Waals surface area contributed by atoms with Crippen molar-refractivity contribution in [2.45, 2.75) is 118 Å². The number of carboxylic acid groups (broad SMARTS) is 4. The third-order valence-corrected chi connectivity index (χ3v) is 28.5. The van der Waals surface area contributed by atoms with Crippen LogP contribution in [0.1, 0.15) is 135 Å². The Bertz CT molecular complexity index is 2380. The number of imide groups is 1. The van der Waals surface area contributed by atoms with E-state index in [1.807, 2.05) is 6.07 Å². The van der Waals surface area contributed by atoms with E-state index < -0.39 is 149 Å². The Kier molecular flexibility index (Phi) is 27.1. The molecule has 23 nitrogen and oxygen atoms in total. The molecule has 5 N–H and O–H groups in total. The topological polar surface area (TPSA) is 323 Å². The van der Waals surface area contributed by atoms with Gasteiger partial charge in [-0.2, -0.15) is 0 Å². The van der Waals surface area contributed by atoms with Crippen molar-refractivity contribution in [2.75, 3.05) is 58.9 Å². The number of hydrogen-bond acceptors (Lipinski definition) is 13. The number of aliphatic carboxylic acids is 4. The number of hydrogen-bond donors (Lipinski definition) is 5. The maximum absolute atomic E-state index is 13.9. The molecule has 0 unspecified atom stereocenters. The van der Waals surface area contributed by atoms with E-state index in [0.717, 1.165) is 64.2 Å². The summed E-state index contributed by atoms with van der Waals surface area (Å²) in [7, 11) is 0. The number of rotatable bonds is 36. The minimum absolute atomic E-state index is 0.133. The molecule has 2 aromatic rings. The van der Waals surface area contributed by atoms with Gasteiger partial charge in [-0.25, -0.2) is 4.79 Å². The van der Waals surface area contributed by atoms with E-state index >= 15 is 0 Å². The van der Waals surface area contributed by atoms with Gasteiger partial charge in [0.25, 0.3) is 17.7 Å². The molecule has 24 heteroatoms. The van der Waals surface area contributed by atoms with E-state index in [1.54, 1.807) is 6.07 Å². The number of hydroxylamine groups is 2. The molecule has 1 fully saturated rings. The van der Waals surface area contributed by atoms with Gasteiger partial charge in [0, 0.05) is 38.0 Å². The molecule has 3 rings (SSSR count). The van der Waals surface area contributed by atoms with Crippen molar-refractivity contribution in [3.8, 4) is 0 Å². The summed E-state index contributed by atoms with van der Waals surface area (Å²) >= 11 is -2.84. The molecule has 0 saturated carbocycles. The maximum atomic E-state index is 13.9. The molecular formula is C52H72N6O17Sn. The predicted molar refractivity (Wildman–Crippen MR) is 276 cm³/mol. The Morgan fingerprint density at radius 3 is 1.47 bits per heavy atom. The van der Waals surface area contributed by atoms with Crippen LogP contribution in [-0.2, 0) is 48.0 Å². The molecular weight excluding hydrogens is 1100 g/mol. The van der Waals surface area contributed by atoms with Gasteiger partial charge in [-0.1, -0.05) is 6.07 Å². The van der Waals surface area contributed by atoms with Crippen molar-refractivity contribution in [3.05, 3.63) is 65.2 Å². The number of benzene rings is 2. The van der Waals surface area contributed by atoms with E-state index in [1.165, 1.54) is 35.1 Å². The second-order valence-corrected chi connectivity index (χ2v) is 31.9. The molecule has 1 aliphatic rings. The van der Waals surface area contributed by atoms with Crippen molar-refractivity contribution >= 4 is 93.2 Å². The quantitative estimate of drug-likeness (QED) is 0.0370. The average Bonchev–Trinajstić information content (AvgIpc) is 3.70. The summed E-state index contributed by atoms with van der Waals surface area (Å²) in [4.78, 5) is 161. The summed E-state index contributed by atoms with van der Waals surface area (Å²) in [6, 6.07) is 12.6. The van der Waals surface area contributed by atoms with Gasteiger partial charge in [0.05, 0.1) is 31.4 Å². The number of carbonyl (C=O) groups is 12. The molecule has 2 aromatic carbocycles. The third kappa shape index (κ3) is 21.0. The van der Waals surface area contributed by atoms with Crippen LogP contribution in [0.2, 0.25) is 13.3 Å². The summed E-state index contributed by atoms with van der Waals surface area (Å²) in [5.74, 6) is -12.6. The normalized spacial score (nSPS) is 12.2. The van der Waals surface area contributed by atoms with Crippen molar-refractivity contribution in [1.29, 1.82) is 0 Å². The summed E-state index contributed by atoms with van der Waals surface area (Å²) in [5.41, 5.74) is -0.0212. The first-order valence-electron chi connectivity index (χ1n) is 25.7. The van der Waals surface area contributed by atoms with Gasteiger partial charge in [-0.3, -0.25) is 43.2 Å². The van der Waals surface area contributed by atoms with E-state index in [2.05, 4.69) is 38.2 Å². The van der Waals surface area contributed by atoms with Crippen LogP contribution in [0.3, 0.4) is 0 Å². The minimum atomic E-state index is -2.84. The SMILES string of the molecule is CCC[CH2][Sn]([CH2]CCC)([CH2]CCC)[c]1cccc(C(=O)NCCCCN(CC(=O)O)C(=O)CN(CCC(=O)O)C(=O)CN(CCC(=O)O)C(=O)CN(CCC(=O)O)C(=O)c2cccc(C(=O)ON3C(=O)CCC3=O)c2)c1. The zero-order chi connectivity index (χ0) is 56.4. The van der Waals surface area contributed by atoms with Crippen molar-refractivity contribution in [2.24, 2.45) is 0 Å². The molecule has 0 spiro atoms. The van der Waals surface area contributed by atoms with Crippen LogP contribution in [-0.4, -0.2) is 194 Å². The van der Waals surface area contributed by atoms with E-state index in [9.17, 15) is 78.0 Å². The van der Waals surface area contributed by atoms with Crippen LogP contribution in [0.15, 0.2) is 48.5 Å². The first-order chi connectivity index (χ1) is 36.1. The fraction of sp³-hybridized carbons (Fsp3) is 0.538. The summed E-state index contributed by atoms with van der Waals surface area (Å²) < 4.78 is 5.05. The summed E-state index contributed by atoms with van der Waals surface area (Å²) in [5, 5.41) is 41.4. The zero-order valence-corrected chi connectivity index (χ0v) is 46.5. The Morgan fingerprint density at radius 2 is 0.987 bits per heavy atom. The Labute approximate surface area is 445 Å². The molecule has 0 radical (unpaired) electrons. The standard InChI is InChI=1S/C40H45N6O17.3C4H9.Sn/c47-29-11-12-30(48)46(29)63-40(62)28-10-6-9-27(21-28)39(61)45(20-15-36(56)57)24-33(51)44(19-14-35(54)55)23-32(50)43(18-13-34(52)53)22-31(49)42(25-37(58)59)17-5-4-16-41-38(60)26-7-2-1-3-8-26;3*1-3-4-2;/h1-2,6-10,21H,4-5,11-20,22-25H2,(H,41,60)(H,52,53)(H,54,55)(H,56,57)(H,58,59);3*1,3-4H2,2H3;. The van der Waals surface area contributed by atoms with Crippen LogP contribution in [0.4, 0.5) is 0 Å². The van der Waals surface area contributed by atoms with Crippen LogP contribution in [0.25, 0.3) is 0 Å². The Balaban J connectivity index is 1.76. The zero-order valence-electron chi connectivity index (χ0n) is 43.6. The van der Waals surface area contributed by atoms with Crippen LogP contribution < -0.4 is 8.90 Å². The summed E-state index contributed by atoms with van der Waals surface area (Å²) in [6.07, 6.45) is 4.87. The van der Waals surface area contributed by atoms with Gasteiger partial charge in [0.1, 0.15) is 6.54 Å².